The number of urea groups is 1. The lowest BCUT2D eigenvalue weighted by Crippen LogP contribution is -2.55. The average Bonchev–Trinajstić information content (AvgIpc) is 3.10. The van der Waals surface area contributed by atoms with E-state index in [1.165, 1.54) is 0 Å². The van der Waals surface area contributed by atoms with Crippen LogP contribution >= 0.6 is 24.0 Å². The third-order valence-electron chi connectivity index (χ3n) is 5.73. The van der Waals surface area contributed by atoms with Crippen LogP contribution in [0.3, 0.4) is 0 Å². The van der Waals surface area contributed by atoms with Gasteiger partial charge in [0.2, 0.25) is 0 Å². The van der Waals surface area contributed by atoms with Crippen LogP contribution in [-0.2, 0) is 11.2 Å². The molecule has 1 unspecified atom stereocenters. The Kier molecular flexibility index (Phi) is 7.29. The van der Waals surface area contributed by atoms with Gasteiger partial charge >= 0.3 is 6.03 Å². The molecular weight excluding hydrogens is 475 g/mol. The fourth-order valence-electron chi connectivity index (χ4n) is 4.00. The van der Waals surface area contributed by atoms with Crippen molar-refractivity contribution in [2.24, 2.45) is 10.9 Å². The first-order valence-electron chi connectivity index (χ1n) is 9.36. The van der Waals surface area contributed by atoms with Gasteiger partial charge in [-0.15, -0.1) is 24.0 Å². The molecule has 9 nitrogen and oxygen atoms in total. The Bertz CT molecular complexity index is 737. The van der Waals surface area contributed by atoms with Gasteiger partial charge in [-0.25, -0.2) is 4.79 Å². The number of hydrogen-bond donors (Lipinski definition) is 3. The van der Waals surface area contributed by atoms with Crippen molar-refractivity contribution in [2.45, 2.75) is 45.6 Å². The molecule has 2 aliphatic rings. The number of carbonyl (C=O) groups excluding carboxylic acids is 2. The predicted molar refractivity (Wildman–Crippen MR) is 116 cm³/mol. The minimum absolute atomic E-state index is 0. The first-order valence-corrected chi connectivity index (χ1v) is 9.36. The third kappa shape index (κ3) is 4.41. The number of halogens is 1. The van der Waals surface area contributed by atoms with Gasteiger partial charge < -0.3 is 20.1 Å². The van der Waals surface area contributed by atoms with Gasteiger partial charge in [-0.1, -0.05) is 5.16 Å². The number of imide groups is 1. The summed E-state index contributed by atoms with van der Waals surface area (Å²) in [6, 6.07) is -0.401. The molecule has 28 heavy (non-hydrogen) atoms. The molecule has 0 saturated carbocycles. The van der Waals surface area contributed by atoms with E-state index < -0.39 is 11.6 Å². The first-order chi connectivity index (χ1) is 12.8. The topological polar surface area (TPSA) is 112 Å². The molecule has 3 rings (SSSR count). The van der Waals surface area contributed by atoms with Crippen molar-refractivity contribution in [3.8, 4) is 0 Å². The largest absolute Gasteiger partial charge is 0.361 e. The van der Waals surface area contributed by atoms with E-state index in [4.69, 9.17) is 4.52 Å². The van der Waals surface area contributed by atoms with E-state index in [1.54, 1.807) is 7.05 Å². The van der Waals surface area contributed by atoms with Gasteiger partial charge in [-0.3, -0.25) is 15.1 Å². The normalized spacial score (nSPS) is 23.3. The van der Waals surface area contributed by atoms with E-state index in [1.807, 2.05) is 20.8 Å². The van der Waals surface area contributed by atoms with Crippen molar-refractivity contribution < 1.29 is 14.1 Å². The van der Waals surface area contributed by atoms with Gasteiger partial charge in [0.1, 0.15) is 11.3 Å². The number of nitrogens with one attached hydrogen (secondary N) is 3. The number of aryl methyl sites for hydroxylation is 2. The quantitative estimate of drug-likeness (QED) is 0.247. The van der Waals surface area contributed by atoms with E-state index >= 15 is 0 Å². The summed E-state index contributed by atoms with van der Waals surface area (Å²) in [5, 5.41) is 12.5. The number of nitrogens with zero attached hydrogens (tertiary/aromatic N) is 3. The Balaban J connectivity index is 0.00000280. The third-order valence-corrected chi connectivity index (χ3v) is 5.73. The zero-order valence-electron chi connectivity index (χ0n) is 16.8. The summed E-state index contributed by atoms with van der Waals surface area (Å²) in [6.07, 6.45) is 2.45. The minimum Gasteiger partial charge on any atom is -0.361 e. The van der Waals surface area contributed by atoms with Gasteiger partial charge in [0, 0.05) is 32.2 Å². The lowest BCUT2D eigenvalue weighted by molar-refractivity contribution is -0.125. The van der Waals surface area contributed by atoms with Gasteiger partial charge in [0.25, 0.3) is 5.91 Å². The summed E-state index contributed by atoms with van der Waals surface area (Å²) in [5.74, 6) is 1.59. The molecule has 0 spiro atoms. The molecule has 1 aromatic heterocycles. The number of piperidine rings is 1. The zero-order valence-corrected chi connectivity index (χ0v) is 19.1. The molecule has 3 N–H and O–H groups in total. The lowest BCUT2D eigenvalue weighted by atomic mass is 9.79. The monoisotopic (exact) mass is 504 g/mol. The molecule has 1 atom stereocenters. The molecule has 1 aromatic rings. The Hall–Kier alpha value is -1.85. The van der Waals surface area contributed by atoms with Crippen LogP contribution in [0.15, 0.2) is 9.52 Å². The number of aliphatic imine (C=N–C) groups is 1. The summed E-state index contributed by atoms with van der Waals surface area (Å²) in [6.45, 7) is 8.00. The predicted octanol–water partition coefficient (Wildman–Crippen LogP) is 1.34. The number of hydrogen-bond acceptors (Lipinski definition) is 5. The second kappa shape index (κ2) is 9.10. The highest BCUT2D eigenvalue weighted by Gasteiger charge is 2.48. The SMILES string of the molecule is CN=C(NCCc1c(C)noc1C)N1CCC(C2(C)NC(=O)NC2=O)CC1.I. The van der Waals surface area contributed by atoms with Crippen LogP contribution in [0.2, 0.25) is 0 Å². The smallest absolute Gasteiger partial charge is 0.322 e. The van der Waals surface area contributed by atoms with E-state index in [0.29, 0.717) is 0 Å². The number of amides is 3. The molecule has 156 valence electrons. The second-order valence-corrected chi connectivity index (χ2v) is 7.40. The molecule has 0 aromatic carbocycles. The average molecular weight is 504 g/mol. The van der Waals surface area contributed by atoms with Crippen LogP contribution in [0.5, 0.6) is 0 Å². The molecule has 0 aliphatic carbocycles. The summed E-state index contributed by atoms with van der Waals surface area (Å²) in [4.78, 5) is 30.2. The highest BCUT2D eigenvalue weighted by molar-refractivity contribution is 14.0. The van der Waals surface area contributed by atoms with E-state index in [-0.39, 0.29) is 35.8 Å². The van der Waals surface area contributed by atoms with Crippen molar-refractivity contribution in [2.75, 3.05) is 26.7 Å². The molecule has 2 aliphatic heterocycles. The van der Waals surface area contributed by atoms with Crippen LogP contribution in [-0.4, -0.2) is 60.2 Å². The number of carbonyl (C=O) groups is 2. The summed E-state index contributed by atoms with van der Waals surface area (Å²) < 4.78 is 5.20. The molecule has 2 saturated heterocycles. The molecule has 2 fully saturated rings. The summed E-state index contributed by atoms with van der Waals surface area (Å²) >= 11 is 0. The highest BCUT2D eigenvalue weighted by Crippen LogP contribution is 2.30. The number of likely N-dealkylation sites (tertiary alicyclic amines) is 1. The maximum atomic E-state index is 12.1. The molecule has 0 bridgehead atoms. The fraction of sp³-hybridized carbons (Fsp3) is 0.667. The van der Waals surface area contributed by atoms with Crippen LogP contribution in [0.25, 0.3) is 0 Å². The Morgan fingerprint density at radius 3 is 2.54 bits per heavy atom. The highest BCUT2D eigenvalue weighted by atomic mass is 127. The van der Waals surface area contributed by atoms with Crippen molar-refractivity contribution in [1.29, 1.82) is 0 Å². The van der Waals surface area contributed by atoms with Gasteiger partial charge in [-0.2, -0.15) is 0 Å². The second-order valence-electron chi connectivity index (χ2n) is 7.40. The standard InChI is InChI=1S/C18H28N6O3.HI/c1-11-14(12(2)27-23-11)5-8-20-16(19-4)24-9-6-13(7-10-24)18(3)15(25)21-17(26)22-18;/h13H,5-10H2,1-4H3,(H,19,20)(H2,21,22,25,26);1H. The van der Waals surface area contributed by atoms with Crippen LogP contribution in [0.4, 0.5) is 4.79 Å². The Morgan fingerprint density at radius 2 is 2.04 bits per heavy atom. The van der Waals surface area contributed by atoms with Crippen LogP contribution in [0, 0.1) is 19.8 Å². The molecule has 0 radical (unpaired) electrons. The van der Waals surface area contributed by atoms with Crippen molar-refractivity contribution in [1.82, 2.24) is 26.0 Å². The van der Waals surface area contributed by atoms with E-state index in [0.717, 1.165) is 61.9 Å². The first kappa shape index (κ1) is 22.4. The molecular formula is C18H29IN6O3. The van der Waals surface area contributed by atoms with Gasteiger partial charge in [-0.05, 0) is 46.0 Å². The number of aromatic nitrogens is 1. The van der Waals surface area contributed by atoms with E-state index in [2.05, 4.69) is 31.0 Å². The van der Waals surface area contributed by atoms with Gasteiger partial charge in [0.15, 0.2) is 5.96 Å². The van der Waals surface area contributed by atoms with Crippen molar-refractivity contribution in [3.05, 3.63) is 17.0 Å². The maximum Gasteiger partial charge on any atom is 0.322 e. The summed E-state index contributed by atoms with van der Waals surface area (Å²) in [7, 11) is 1.77. The molecule has 10 heteroatoms. The van der Waals surface area contributed by atoms with Crippen molar-refractivity contribution >= 4 is 41.9 Å². The maximum absolute atomic E-state index is 12.1. The van der Waals surface area contributed by atoms with E-state index in [9.17, 15) is 9.59 Å². The lowest BCUT2D eigenvalue weighted by Gasteiger charge is -2.39. The van der Waals surface area contributed by atoms with Crippen LogP contribution in [0.1, 0.15) is 36.8 Å². The fourth-order valence-corrected chi connectivity index (χ4v) is 4.00. The van der Waals surface area contributed by atoms with Crippen LogP contribution < -0.4 is 16.0 Å². The molecule has 3 heterocycles. The zero-order chi connectivity index (χ0) is 19.6. The Labute approximate surface area is 182 Å². The van der Waals surface area contributed by atoms with Crippen molar-refractivity contribution in [3.63, 3.8) is 0 Å². The number of rotatable bonds is 4. The molecule has 3 amide bonds. The minimum atomic E-state index is -0.816. The number of guanidine groups is 1. The Morgan fingerprint density at radius 1 is 1.36 bits per heavy atom. The summed E-state index contributed by atoms with van der Waals surface area (Å²) in [5.41, 5.74) is 1.24. The van der Waals surface area contributed by atoms with Gasteiger partial charge in [0.05, 0.1) is 5.69 Å².